The van der Waals surface area contributed by atoms with Crippen LogP contribution in [0.15, 0.2) is 78.9 Å². The Hall–Kier alpha value is -4.86. The van der Waals surface area contributed by atoms with Gasteiger partial charge in [0.25, 0.3) is 5.91 Å². The van der Waals surface area contributed by atoms with Gasteiger partial charge in [-0.15, -0.1) is 0 Å². The normalized spacial score (nSPS) is 11.4. The van der Waals surface area contributed by atoms with E-state index in [9.17, 15) is 9.90 Å². The van der Waals surface area contributed by atoms with E-state index < -0.39 is 0 Å². The van der Waals surface area contributed by atoms with Crippen LogP contribution >= 0.6 is 0 Å². The number of likely N-dealkylation sites (N-methyl/N-ethyl adjacent to an activating group) is 2. The number of aromatic nitrogens is 2. The summed E-state index contributed by atoms with van der Waals surface area (Å²) < 4.78 is 10.8. The standard InChI is InChI=1S/C36H41N5O4/c1-6-41(20-19-40(2)3)18-17-24-7-12-28(13-8-24)37-36(43)27-9-14-30-31(22-27)39-35(38-30)29-21-25(10-15-32(29)42)26-11-16-33(44-4)34(23-26)45-5/h7-16,21-23,42H,6,17-20H2,1-5H3,(H,37,43)(H,38,39). The Labute approximate surface area is 264 Å². The summed E-state index contributed by atoms with van der Waals surface area (Å²) in [4.78, 5) is 25.8. The van der Waals surface area contributed by atoms with E-state index in [1.165, 1.54) is 5.56 Å². The average Bonchev–Trinajstić information content (AvgIpc) is 3.48. The van der Waals surface area contributed by atoms with Gasteiger partial charge in [0.1, 0.15) is 11.6 Å². The van der Waals surface area contributed by atoms with E-state index in [1.807, 2.05) is 48.5 Å². The molecular formula is C36H41N5O4. The molecule has 9 heteroatoms. The van der Waals surface area contributed by atoms with Crippen molar-refractivity contribution in [2.75, 3.05) is 59.8 Å². The largest absolute Gasteiger partial charge is 0.507 e. The van der Waals surface area contributed by atoms with Crippen molar-refractivity contribution in [3.05, 3.63) is 90.0 Å². The molecule has 5 aromatic rings. The van der Waals surface area contributed by atoms with Crippen LogP contribution < -0.4 is 14.8 Å². The number of hydrogen-bond donors (Lipinski definition) is 3. The van der Waals surface area contributed by atoms with Crippen LogP contribution in [0.4, 0.5) is 5.69 Å². The highest BCUT2D eigenvalue weighted by atomic mass is 16.5. The summed E-state index contributed by atoms with van der Waals surface area (Å²) in [5.74, 6) is 1.63. The van der Waals surface area contributed by atoms with Crippen LogP contribution in [0, 0.1) is 0 Å². The molecule has 0 saturated carbocycles. The molecule has 5 rings (SSSR count). The number of imidazole rings is 1. The number of nitrogens with one attached hydrogen (secondary N) is 2. The quantitative estimate of drug-likeness (QED) is 0.144. The van der Waals surface area contributed by atoms with Gasteiger partial charge in [0.05, 0.1) is 30.8 Å². The summed E-state index contributed by atoms with van der Waals surface area (Å²) in [7, 11) is 7.39. The summed E-state index contributed by atoms with van der Waals surface area (Å²) in [6.07, 6.45) is 0.959. The van der Waals surface area contributed by atoms with Gasteiger partial charge in [-0.1, -0.05) is 31.2 Å². The number of amides is 1. The number of benzene rings is 4. The zero-order valence-electron chi connectivity index (χ0n) is 26.6. The molecule has 234 valence electrons. The topological polar surface area (TPSA) is 103 Å². The molecule has 4 aromatic carbocycles. The zero-order valence-corrected chi connectivity index (χ0v) is 26.6. The second-order valence-electron chi connectivity index (χ2n) is 11.3. The number of nitrogens with zero attached hydrogens (tertiary/aromatic N) is 3. The fraction of sp³-hybridized carbons (Fsp3) is 0.278. The predicted molar refractivity (Wildman–Crippen MR) is 181 cm³/mol. The second kappa shape index (κ2) is 14.3. The number of aromatic hydroxyl groups is 1. The maximum atomic E-state index is 13.1. The number of phenols is 1. The van der Waals surface area contributed by atoms with E-state index in [2.05, 4.69) is 53.3 Å². The molecule has 0 saturated heterocycles. The van der Waals surface area contributed by atoms with E-state index in [0.717, 1.165) is 54.9 Å². The third-order valence-corrected chi connectivity index (χ3v) is 7.95. The molecule has 0 bridgehead atoms. The number of aromatic amines is 1. The van der Waals surface area contributed by atoms with E-state index in [1.54, 1.807) is 32.4 Å². The molecule has 9 nitrogen and oxygen atoms in total. The van der Waals surface area contributed by atoms with Crippen molar-refractivity contribution >= 4 is 22.6 Å². The van der Waals surface area contributed by atoms with Gasteiger partial charge in [-0.25, -0.2) is 4.98 Å². The lowest BCUT2D eigenvalue weighted by atomic mass is 10.0. The molecule has 0 aliphatic rings. The molecular weight excluding hydrogens is 566 g/mol. The van der Waals surface area contributed by atoms with Crippen LogP contribution in [0.2, 0.25) is 0 Å². The summed E-state index contributed by atoms with van der Waals surface area (Å²) in [5.41, 5.74) is 6.18. The lowest BCUT2D eigenvalue weighted by Gasteiger charge is -2.22. The number of hydrogen-bond acceptors (Lipinski definition) is 7. The van der Waals surface area contributed by atoms with Gasteiger partial charge in [-0.2, -0.15) is 0 Å². The molecule has 0 aliphatic heterocycles. The third-order valence-electron chi connectivity index (χ3n) is 7.95. The first-order valence-electron chi connectivity index (χ1n) is 15.1. The minimum Gasteiger partial charge on any atom is -0.507 e. The molecule has 1 heterocycles. The monoisotopic (exact) mass is 607 g/mol. The number of anilines is 1. The maximum Gasteiger partial charge on any atom is 0.255 e. The number of carbonyl (C=O) groups excluding carboxylic acids is 1. The van der Waals surface area contributed by atoms with Crippen LogP contribution in [-0.4, -0.2) is 85.3 Å². The van der Waals surface area contributed by atoms with Gasteiger partial charge >= 0.3 is 0 Å². The van der Waals surface area contributed by atoms with E-state index >= 15 is 0 Å². The average molecular weight is 608 g/mol. The molecule has 45 heavy (non-hydrogen) atoms. The fourth-order valence-corrected chi connectivity index (χ4v) is 5.21. The summed E-state index contributed by atoms with van der Waals surface area (Å²) in [6, 6.07) is 24.4. The van der Waals surface area contributed by atoms with Crippen LogP contribution in [-0.2, 0) is 6.42 Å². The van der Waals surface area contributed by atoms with Crippen LogP contribution in [0.5, 0.6) is 17.2 Å². The first-order chi connectivity index (χ1) is 21.8. The van der Waals surface area contributed by atoms with Gasteiger partial charge < -0.3 is 34.7 Å². The first kappa shape index (κ1) is 31.6. The van der Waals surface area contributed by atoms with Crippen molar-refractivity contribution in [2.24, 2.45) is 0 Å². The van der Waals surface area contributed by atoms with Crippen molar-refractivity contribution in [1.29, 1.82) is 0 Å². The SMILES string of the molecule is CCN(CCc1ccc(NC(=O)c2ccc3[nH]c(-c4cc(-c5ccc(OC)c(OC)c5)ccc4O)nc3c2)cc1)CCN(C)C. The highest BCUT2D eigenvalue weighted by Crippen LogP contribution is 2.36. The minimum absolute atomic E-state index is 0.0932. The van der Waals surface area contributed by atoms with Crippen LogP contribution in [0.25, 0.3) is 33.5 Å². The Bertz CT molecular complexity index is 1760. The zero-order chi connectivity index (χ0) is 31.9. The molecule has 1 aromatic heterocycles. The van der Waals surface area contributed by atoms with Gasteiger partial charge in [-0.05, 0) is 98.3 Å². The molecule has 0 fully saturated rings. The first-order valence-corrected chi connectivity index (χ1v) is 15.1. The molecule has 3 N–H and O–H groups in total. The van der Waals surface area contributed by atoms with Gasteiger partial charge in [-0.3, -0.25) is 4.79 Å². The van der Waals surface area contributed by atoms with Crippen molar-refractivity contribution in [2.45, 2.75) is 13.3 Å². The van der Waals surface area contributed by atoms with Gasteiger partial charge in [0.15, 0.2) is 11.5 Å². The maximum absolute atomic E-state index is 13.1. The minimum atomic E-state index is -0.214. The smallest absolute Gasteiger partial charge is 0.255 e. The molecule has 0 unspecified atom stereocenters. The molecule has 0 atom stereocenters. The number of rotatable bonds is 13. The van der Waals surface area contributed by atoms with E-state index in [4.69, 9.17) is 14.5 Å². The summed E-state index contributed by atoms with van der Waals surface area (Å²) in [5, 5.41) is 13.7. The predicted octanol–water partition coefficient (Wildman–Crippen LogP) is 6.30. The Morgan fingerprint density at radius 3 is 2.31 bits per heavy atom. The Kier molecular flexibility index (Phi) is 10.0. The van der Waals surface area contributed by atoms with E-state index in [0.29, 0.717) is 34.0 Å². The van der Waals surface area contributed by atoms with Crippen LogP contribution in [0.3, 0.4) is 0 Å². The molecule has 0 spiro atoms. The third kappa shape index (κ3) is 7.63. The number of methoxy groups -OCH3 is 2. The number of ether oxygens (including phenoxy) is 2. The molecule has 0 aliphatic carbocycles. The highest BCUT2D eigenvalue weighted by molar-refractivity contribution is 6.06. The van der Waals surface area contributed by atoms with Gasteiger partial charge in [0.2, 0.25) is 0 Å². The van der Waals surface area contributed by atoms with Crippen molar-refractivity contribution in [3.63, 3.8) is 0 Å². The van der Waals surface area contributed by atoms with Crippen molar-refractivity contribution in [1.82, 2.24) is 19.8 Å². The Balaban J connectivity index is 1.28. The molecule has 1 amide bonds. The van der Waals surface area contributed by atoms with E-state index in [-0.39, 0.29) is 11.7 Å². The lowest BCUT2D eigenvalue weighted by molar-refractivity contribution is 0.102. The summed E-state index contributed by atoms with van der Waals surface area (Å²) in [6.45, 7) is 6.31. The summed E-state index contributed by atoms with van der Waals surface area (Å²) >= 11 is 0. The number of fused-ring (bicyclic) bond motifs is 1. The fourth-order valence-electron chi connectivity index (χ4n) is 5.21. The van der Waals surface area contributed by atoms with Crippen LogP contribution in [0.1, 0.15) is 22.8 Å². The number of H-pyrrole nitrogens is 1. The van der Waals surface area contributed by atoms with Gasteiger partial charge in [0, 0.05) is 30.9 Å². The number of carbonyl (C=O) groups is 1. The molecule has 0 radical (unpaired) electrons. The Morgan fingerprint density at radius 2 is 1.60 bits per heavy atom. The van der Waals surface area contributed by atoms with Crippen molar-refractivity contribution < 1.29 is 19.4 Å². The highest BCUT2D eigenvalue weighted by Gasteiger charge is 2.15. The lowest BCUT2D eigenvalue weighted by Crippen LogP contribution is -2.33. The van der Waals surface area contributed by atoms with Crippen molar-refractivity contribution in [3.8, 4) is 39.8 Å². The Morgan fingerprint density at radius 1 is 0.867 bits per heavy atom. The number of phenolic OH excluding ortho intramolecular Hbond substituents is 1. The second-order valence-corrected chi connectivity index (χ2v) is 11.3.